The lowest BCUT2D eigenvalue weighted by molar-refractivity contribution is 0.0187. The fraction of sp³-hybridized carbons (Fsp3) is 0.484. The van der Waals surface area contributed by atoms with Crippen molar-refractivity contribution in [2.45, 2.75) is 78.4 Å². The third-order valence-corrected chi connectivity index (χ3v) is 8.03. The molecular formula is C31H42N2. The highest BCUT2D eigenvalue weighted by atomic mass is 15.3. The summed E-state index contributed by atoms with van der Waals surface area (Å²) < 4.78 is 0. The normalized spacial score (nSPS) is 20.3. The van der Waals surface area contributed by atoms with Crippen LogP contribution in [0.3, 0.4) is 0 Å². The van der Waals surface area contributed by atoms with Crippen LogP contribution in [-0.2, 0) is 13.0 Å². The van der Waals surface area contributed by atoms with E-state index in [1.807, 2.05) is 6.08 Å². The van der Waals surface area contributed by atoms with E-state index in [1.165, 1.54) is 64.8 Å². The van der Waals surface area contributed by atoms with Crippen molar-refractivity contribution in [3.63, 3.8) is 0 Å². The van der Waals surface area contributed by atoms with E-state index in [-0.39, 0.29) is 0 Å². The van der Waals surface area contributed by atoms with Gasteiger partial charge >= 0.3 is 0 Å². The van der Waals surface area contributed by atoms with Crippen LogP contribution in [0.1, 0.15) is 84.5 Å². The van der Waals surface area contributed by atoms with Crippen LogP contribution in [0.15, 0.2) is 43.0 Å². The highest BCUT2D eigenvalue weighted by Crippen LogP contribution is 2.35. The molecule has 1 saturated carbocycles. The zero-order chi connectivity index (χ0) is 23.4. The monoisotopic (exact) mass is 442 g/mol. The molecule has 1 saturated heterocycles. The van der Waals surface area contributed by atoms with Crippen LogP contribution in [0.4, 0.5) is 0 Å². The SMILES string of the molecule is C=Cc1ccc(C2CN(C3CCC3)CCN2Cc2c(CC)cc(C)c(C)c2/C=C\CC)cc1. The first-order chi connectivity index (χ1) is 16.0. The Bertz CT molecular complexity index is 981. The molecule has 2 fully saturated rings. The zero-order valence-corrected chi connectivity index (χ0v) is 21.2. The van der Waals surface area contributed by atoms with Gasteiger partial charge in [-0.3, -0.25) is 9.80 Å². The van der Waals surface area contributed by atoms with Crippen LogP contribution in [0, 0.1) is 13.8 Å². The van der Waals surface area contributed by atoms with Gasteiger partial charge in [0.2, 0.25) is 0 Å². The van der Waals surface area contributed by atoms with Crippen LogP contribution in [0.5, 0.6) is 0 Å². The van der Waals surface area contributed by atoms with Crippen molar-refractivity contribution in [1.82, 2.24) is 9.80 Å². The molecule has 1 aliphatic carbocycles. The van der Waals surface area contributed by atoms with Crippen molar-refractivity contribution in [3.8, 4) is 0 Å². The second-order valence-corrected chi connectivity index (χ2v) is 9.97. The summed E-state index contributed by atoms with van der Waals surface area (Å²) in [5.41, 5.74) is 10.00. The Morgan fingerprint density at radius 1 is 1.06 bits per heavy atom. The molecule has 2 heteroatoms. The summed E-state index contributed by atoms with van der Waals surface area (Å²) in [5, 5.41) is 0. The molecule has 0 aromatic heterocycles. The zero-order valence-electron chi connectivity index (χ0n) is 21.2. The van der Waals surface area contributed by atoms with Gasteiger partial charge in [-0.25, -0.2) is 0 Å². The predicted molar refractivity (Wildman–Crippen MR) is 144 cm³/mol. The Hall–Kier alpha value is -2.16. The van der Waals surface area contributed by atoms with Gasteiger partial charge in [0.05, 0.1) is 0 Å². The standard InChI is InChI=1S/C31H42N2/c1-6-9-13-29-24(5)23(4)20-26(8-3)30(29)21-33-19-18-32(28-11-10-12-28)22-31(33)27-16-14-25(7-2)15-17-27/h7,9,13-17,20,28,31H,2,6,8,10-12,18-19,21-22H2,1,3-5H3/b13-9-. The van der Waals surface area contributed by atoms with E-state index < -0.39 is 0 Å². The first-order valence-corrected chi connectivity index (χ1v) is 13.0. The van der Waals surface area contributed by atoms with Gasteiger partial charge in [-0.15, -0.1) is 0 Å². The van der Waals surface area contributed by atoms with Gasteiger partial charge in [0, 0.05) is 38.3 Å². The predicted octanol–water partition coefficient (Wildman–Crippen LogP) is 7.34. The van der Waals surface area contributed by atoms with Gasteiger partial charge < -0.3 is 0 Å². The summed E-state index contributed by atoms with van der Waals surface area (Å²) in [6.45, 7) is 17.5. The van der Waals surface area contributed by atoms with Gasteiger partial charge in [0.25, 0.3) is 0 Å². The molecule has 1 heterocycles. The van der Waals surface area contributed by atoms with Crippen molar-refractivity contribution >= 4 is 12.2 Å². The molecular weight excluding hydrogens is 400 g/mol. The molecule has 33 heavy (non-hydrogen) atoms. The largest absolute Gasteiger partial charge is 0.297 e. The molecule has 2 aliphatic rings. The molecule has 4 rings (SSSR count). The summed E-state index contributed by atoms with van der Waals surface area (Å²) in [6.07, 6.45) is 13.0. The van der Waals surface area contributed by atoms with Crippen molar-refractivity contribution < 1.29 is 0 Å². The van der Waals surface area contributed by atoms with E-state index in [0.717, 1.165) is 38.5 Å². The molecule has 2 aromatic carbocycles. The lowest BCUT2D eigenvalue weighted by atomic mass is 9.88. The topological polar surface area (TPSA) is 6.48 Å². The first-order valence-electron chi connectivity index (χ1n) is 13.0. The van der Waals surface area contributed by atoms with Crippen LogP contribution >= 0.6 is 0 Å². The first kappa shape index (κ1) is 24.0. The van der Waals surface area contributed by atoms with Crippen molar-refractivity contribution in [2.24, 2.45) is 0 Å². The quantitative estimate of drug-likeness (QED) is 0.422. The molecule has 1 aliphatic heterocycles. The minimum atomic E-state index is 0.438. The Morgan fingerprint density at radius 3 is 2.42 bits per heavy atom. The second-order valence-electron chi connectivity index (χ2n) is 9.97. The number of benzene rings is 2. The molecule has 0 radical (unpaired) electrons. The molecule has 0 bridgehead atoms. The summed E-state index contributed by atoms with van der Waals surface area (Å²) >= 11 is 0. The summed E-state index contributed by atoms with van der Waals surface area (Å²) in [4.78, 5) is 5.52. The molecule has 0 amide bonds. The lowest BCUT2D eigenvalue weighted by Gasteiger charge is -2.47. The van der Waals surface area contributed by atoms with Crippen LogP contribution in [0.25, 0.3) is 12.2 Å². The number of hydrogen-bond donors (Lipinski definition) is 0. The maximum Gasteiger partial charge on any atom is 0.0479 e. The van der Waals surface area contributed by atoms with E-state index in [9.17, 15) is 0 Å². The van der Waals surface area contributed by atoms with Gasteiger partial charge in [-0.05, 0) is 78.5 Å². The summed E-state index contributed by atoms with van der Waals surface area (Å²) in [7, 11) is 0. The smallest absolute Gasteiger partial charge is 0.0479 e. The van der Waals surface area contributed by atoms with Crippen molar-refractivity contribution in [2.75, 3.05) is 19.6 Å². The number of rotatable bonds is 8. The lowest BCUT2D eigenvalue weighted by Crippen LogP contribution is -2.53. The fourth-order valence-electron chi connectivity index (χ4n) is 5.52. The van der Waals surface area contributed by atoms with E-state index in [2.05, 4.69) is 86.6 Å². The molecule has 1 unspecified atom stereocenters. The average molecular weight is 443 g/mol. The van der Waals surface area contributed by atoms with Crippen molar-refractivity contribution in [3.05, 3.63) is 81.9 Å². The van der Waals surface area contributed by atoms with E-state index in [4.69, 9.17) is 0 Å². The molecule has 0 N–H and O–H groups in total. The maximum atomic E-state index is 3.94. The molecule has 2 aromatic rings. The van der Waals surface area contributed by atoms with Gasteiger partial charge in [0.15, 0.2) is 0 Å². The Morgan fingerprint density at radius 2 is 1.82 bits per heavy atom. The average Bonchev–Trinajstić information content (AvgIpc) is 2.80. The van der Waals surface area contributed by atoms with E-state index in [1.54, 1.807) is 0 Å². The number of piperazine rings is 1. The van der Waals surface area contributed by atoms with Crippen molar-refractivity contribution in [1.29, 1.82) is 0 Å². The molecule has 0 spiro atoms. The minimum Gasteiger partial charge on any atom is -0.297 e. The molecule has 176 valence electrons. The Kier molecular flexibility index (Phi) is 7.88. The number of allylic oxidation sites excluding steroid dienone is 1. The number of nitrogens with zero attached hydrogens (tertiary/aromatic N) is 2. The highest BCUT2D eigenvalue weighted by Gasteiger charge is 2.34. The second kappa shape index (κ2) is 10.8. The van der Waals surface area contributed by atoms with Gasteiger partial charge in [-0.1, -0.05) is 75.4 Å². The number of hydrogen-bond acceptors (Lipinski definition) is 2. The summed E-state index contributed by atoms with van der Waals surface area (Å²) in [5.74, 6) is 0. The fourth-order valence-corrected chi connectivity index (χ4v) is 5.52. The Balaban J connectivity index is 1.69. The summed E-state index contributed by atoms with van der Waals surface area (Å²) in [6, 6.07) is 12.8. The Labute approximate surface area is 202 Å². The van der Waals surface area contributed by atoms with E-state index in [0.29, 0.717) is 6.04 Å². The van der Waals surface area contributed by atoms with Crippen LogP contribution < -0.4 is 0 Å². The van der Waals surface area contributed by atoms with Crippen LogP contribution in [-0.4, -0.2) is 35.5 Å². The number of aryl methyl sites for hydroxylation is 2. The molecule has 2 nitrogen and oxygen atoms in total. The third kappa shape index (κ3) is 5.18. The minimum absolute atomic E-state index is 0.438. The van der Waals surface area contributed by atoms with Gasteiger partial charge in [0.1, 0.15) is 0 Å². The third-order valence-electron chi connectivity index (χ3n) is 8.03. The molecule has 1 atom stereocenters. The van der Waals surface area contributed by atoms with E-state index >= 15 is 0 Å². The van der Waals surface area contributed by atoms with Crippen LogP contribution in [0.2, 0.25) is 0 Å². The maximum absolute atomic E-state index is 3.94. The van der Waals surface area contributed by atoms with Gasteiger partial charge in [-0.2, -0.15) is 0 Å². The highest BCUT2D eigenvalue weighted by molar-refractivity contribution is 5.62.